The number of ketones is 1. The molecule has 0 saturated carbocycles. The van der Waals surface area contributed by atoms with Gasteiger partial charge in [-0.25, -0.2) is 0 Å². The van der Waals surface area contributed by atoms with Crippen molar-refractivity contribution in [3.8, 4) is 0 Å². The number of nitrogen functional groups attached to an aromatic ring is 1. The lowest BCUT2D eigenvalue weighted by Crippen LogP contribution is -2.03. The molecule has 3 N–H and O–H groups in total. The van der Waals surface area contributed by atoms with Crippen LogP contribution in [0.1, 0.15) is 21.6 Å². The van der Waals surface area contributed by atoms with Gasteiger partial charge < -0.3 is 10.2 Å². The molecule has 3 aromatic rings. The van der Waals surface area contributed by atoms with Crippen LogP contribution in [0.5, 0.6) is 0 Å². The van der Waals surface area contributed by atoms with Gasteiger partial charge in [0, 0.05) is 11.3 Å². The maximum absolute atomic E-state index is 12.4. The van der Waals surface area contributed by atoms with E-state index in [-0.39, 0.29) is 11.7 Å². The largest absolute Gasteiger partial charge is 0.420 e. The van der Waals surface area contributed by atoms with Gasteiger partial charge in [0.2, 0.25) is 11.6 Å². The van der Waals surface area contributed by atoms with Gasteiger partial charge in [0.05, 0.1) is 10.9 Å². The highest BCUT2D eigenvalue weighted by atomic mass is 16.4. The fourth-order valence-corrected chi connectivity index (χ4v) is 2.01. The highest BCUT2D eigenvalue weighted by Crippen LogP contribution is 2.30. The number of carbonyl (C=O) groups excluding carboxylic acids is 1. The van der Waals surface area contributed by atoms with Gasteiger partial charge in [-0.3, -0.25) is 9.89 Å². The highest BCUT2D eigenvalue weighted by molar-refractivity contribution is 6.19. The number of aromatic nitrogens is 2. The first kappa shape index (κ1) is 10.6. The number of hydrogen-bond donors (Lipinski definition) is 2. The molecular weight excluding hydrogens is 230 g/mol. The maximum Gasteiger partial charge on any atom is 0.248 e. The minimum atomic E-state index is -0.156. The fourth-order valence-electron chi connectivity index (χ4n) is 2.01. The van der Waals surface area contributed by atoms with E-state index in [1.807, 2.05) is 25.1 Å². The van der Waals surface area contributed by atoms with Crippen LogP contribution in [0.25, 0.3) is 11.1 Å². The van der Waals surface area contributed by atoms with Gasteiger partial charge >= 0.3 is 0 Å². The minimum Gasteiger partial charge on any atom is -0.420 e. The lowest BCUT2D eigenvalue weighted by molar-refractivity contribution is 0.104. The number of rotatable bonds is 2. The van der Waals surface area contributed by atoms with E-state index in [1.165, 1.54) is 0 Å². The second-order valence-electron chi connectivity index (χ2n) is 4.07. The van der Waals surface area contributed by atoms with Crippen LogP contribution < -0.4 is 5.73 Å². The van der Waals surface area contributed by atoms with Crippen LogP contribution in [0.2, 0.25) is 0 Å². The van der Waals surface area contributed by atoms with Crippen LogP contribution in [0.15, 0.2) is 34.7 Å². The van der Waals surface area contributed by atoms with Crippen molar-refractivity contribution in [1.82, 2.24) is 10.2 Å². The summed E-state index contributed by atoms with van der Waals surface area (Å²) in [6, 6.07) is 8.96. The number of nitrogens with one attached hydrogen (secondary N) is 1. The van der Waals surface area contributed by atoms with E-state index >= 15 is 0 Å². The fraction of sp³-hybridized carbons (Fsp3) is 0.0769. The van der Waals surface area contributed by atoms with Crippen LogP contribution in [0, 0.1) is 6.92 Å². The van der Waals surface area contributed by atoms with Crippen molar-refractivity contribution in [2.45, 2.75) is 6.92 Å². The van der Waals surface area contributed by atoms with Crippen molar-refractivity contribution in [3.63, 3.8) is 0 Å². The zero-order valence-corrected chi connectivity index (χ0v) is 9.73. The van der Waals surface area contributed by atoms with Crippen LogP contribution >= 0.6 is 0 Å². The zero-order chi connectivity index (χ0) is 12.7. The number of carbonyl (C=O) groups is 1. The van der Waals surface area contributed by atoms with Crippen molar-refractivity contribution >= 4 is 22.8 Å². The molecule has 0 aliphatic heterocycles. The Bertz CT molecular complexity index is 725. The number of hydrogen-bond acceptors (Lipinski definition) is 4. The quantitative estimate of drug-likeness (QED) is 0.674. The molecule has 0 amide bonds. The van der Waals surface area contributed by atoms with Gasteiger partial charge in [0.15, 0.2) is 5.78 Å². The van der Waals surface area contributed by atoms with Crippen molar-refractivity contribution in [1.29, 1.82) is 0 Å². The molecule has 18 heavy (non-hydrogen) atoms. The number of H-pyrrole nitrogens is 1. The molecule has 5 nitrogen and oxygen atoms in total. The normalized spacial score (nSPS) is 10.9. The number of nitrogens with two attached hydrogens (primary N) is 1. The number of aromatic amines is 1. The van der Waals surface area contributed by atoms with Crippen LogP contribution in [-0.4, -0.2) is 16.0 Å². The lowest BCUT2D eigenvalue weighted by Gasteiger charge is -1.99. The Labute approximate surface area is 103 Å². The Kier molecular flexibility index (Phi) is 2.19. The Morgan fingerprint density at radius 2 is 2.06 bits per heavy atom. The van der Waals surface area contributed by atoms with E-state index in [9.17, 15) is 4.79 Å². The molecule has 0 fully saturated rings. The van der Waals surface area contributed by atoms with Crippen molar-refractivity contribution in [2.75, 3.05) is 5.73 Å². The third kappa shape index (κ3) is 1.41. The van der Waals surface area contributed by atoms with Crippen LogP contribution in [0.3, 0.4) is 0 Å². The third-order valence-corrected chi connectivity index (χ3v) is 2.88. The van der Waals surface area contributed by atoms with Gasteiger partial charge in [-0.1, -0.05) is 30.3 Å². The molecule has 0 spiro atoms. The maximum atomic E-state index is 12.4. The molecule has 0 atom stereocenters. The topological polar surface area (TPSA) is 84.9 Å². The summed E-state index contributed by atoms with van der Waals surface area (Å²) in [6.07, 6.45) is 0. The molecule has 0 unspecified atom stereocenters. The van der Waals surface area contributed by atoms with Crippen LogP contribution in [0.4, 0.5) is 5.88 Å². The predicted octanol–water partition coefficient (Wildman–Crippen LogP) is 2.28. The van der Waals surface area contributed by atoms with Gasteiger partial charge in [0.1, 0.15) is 0 Å². The Morgan fingerprint density at radius 3 is 2.78 bits per heavy atom. The second-order valence-corrected chi connectivity index (χ2v) is 4.07. The summed E-state index contributed by atoms with van der Waals surface area (Å²) in [5.41, 5.74) is 7.85. The van der Waals surface area contributed by atoms with Gasteiger partial charge in [0.25, 0.3) is 0 Å². The number of aryl methyl sites for hydroxylation is 1. The first-order chi connectivity index (χ1) is 8.68. The summed E-state index contributed by atoms with van der Waals surface area (Å²) in [7, 11) is 0. The molecule has 0 aliphatic carbocycles. The van der Waals surface area contributed by atoms with E-state index in [4.69, 9.17) is 10.2 Å². The lowest BCUT2D eigenvalue weighted by atomic mass is 10.0. The molecule has 2 aromatic heterocycles. The molecule has 3 rings (SSSR count). The first-order valence-electron chi connectivity index (χ1n) is 5.51. The SMILES string of the molecule is Cc1[nH]nc2oc(N)c(C(=O)c3ccccc3)c12. The van der Waals surface area contributed by atoms with Gasteiger partial charge in [-0.15, -0.1) is 5.10 Å². The summed E-state index contributed by atoms with van der Waals surface area (Å²) in [4.78, 5) is 12.4. The Balaban J connectivity index is 2.23. The van der Waals surface area contributed by atoms with Gasteiger partial charge in [-0.05, 0) is 6.92 Å². The van der Waals surface area contributed by atoms with Gasteiger partial charge in [-0.2, -0.15) is 0 Å². The zero-order valence-electron chi connectivity index (χ0n) is 9.73. The smallest absolute Gasteiger partial charge is 0.248 e. The summed E-state index contributed by atoms with van der Waals surface area (Å²) >= 11 is 0. The predicted molar refractivity (Wildman–Crippen MR) is 67.4 cm³/mol. The van der Waals surface area contributed by atoms with E-state index in [0.717, 1.165) is 5.69 Å². The average Bonchev–Trinajstić information content (AvgIpc) is 2.89. The number of fused-ring (bicyclic) bond motifs is 1. The first-order valence-corrected chi connectivity index (χ1v) is 5.51. The molecule has 0 bridgehead atoms. The van der Waals surface area contributed by atoms with Crippen molar-refractivity contribution < 1.29 is 9.21 Å². The molecule has 5 heteroatoms. The third-order valence-electron chi connectivity index (χ3n) is 2.88. The number of benzene rings is 1. The van der Waals surface area contributed by atoms with E-state index < -0.39 is 0 Å². The number of anilines is 1. The molecule has 2 heterocycles. The highest BCUT2D eigenvalue weighted by Gasteiger charge is 2.23. The monoisotopic (exact) mass is 241 g/mol. The molecule has 0 aliphatic rings. The van der Waals surface area contributed by atoms with Crippen molar-refractivity contribution in [2.24, 2.45) is 0 Å². The average molecular weight is 241 g/mol. The summed E-state index contributed by atoms with van der Waals surface area (Å²) < 4.78 is 5.28. The van der Waals surface area contributed by atoms with Crippen molar-refractivity contribution in [3.05, 3.63) is 47.2 Å². The van der Waals surface area contributed by atoms with E-state index in [2.05, 4.69) is 10.2 Å². The number of nitrogens with zero attached hydrogens (tertiary/aromatic N) is 1. The van der Waals surface area contributed by atoms with Crippen LogP contribution in [-0.2, 0) is 0 Å². The van der Waals surface area contributed by atoms with E-state index in [1.54, 1.807) is 12.1 Å². The second kappa shape index (κ2) is 3.73. The minimum absolute atomic E-state index is 0.110. The molecule has 1 aromatic carbocycles. The number of furan rings is 1. The Hall–Kier alpha value is -2.56. The molecule has 0 saturated heterocycles. The standard InChI is InChI=1S/C13H11N3O2/c1-7-9-10(12(14)18-13(9)16-15-7)11(17)8-5-3-2-4-6-8/h2-6H,14H2,1H3,(H,15,16). The summed E-state index contributed by atoms with van der Waals surface area (Å²) in [5.74, 6) is -0.0465. The molecular formula is C13H11N3O2. The molecule has 90 valence electrons. The molecule has 0 radical (unpaired) electrons. The Morgan fingerprint density at radius 1 is 1.33 bits per heavy atom. The van der Waals surface area contributed by atoms with E-state index in [0.29, 0.717) is 22.2 Å². The summed E-state index contributed by atoms with van der Waals surface area (Å²) in [5, 5.41) is 7.38. The summed E-state index contributed by atoms with van der Waals surface area (Å²) in [6.45, 7) is 1.83.